The van der Waals surface area contributed by atoms with E-state index < -0.39 is 36.8 Å². The summed E-state index contributed by atoms with van der Waals surface area (Å²) in [6.07, 6.45) is -5.17. The van der Waals surface area contributed by atoms with Crippen LogP contribution >= 0.6 is 0 Å². The first-order valence-electron chi connectivity index (χ1n) is 7.63. The van der Waals surface area contributed by atoms with Gasteiger partial charge in [-0.05, 0) is 12.8 Å². The predicted octanol–water partition coefficient (Wildman–Crippen LogP) is 1.58. The molecule has 132 valence electrons. The second kappa shape index (κ2) is 7.48. The highest BCUT2D eigenvalue weighted by Crippen LogP contribution is 2.31. The van der Waals surface area contributed by atoms with Crippen LogP contribution in [0.4, 0.5) is 13.2 Å². The number of rotatable bonds is 4. The van der Waals surface area contributed by atoms with Gasteiger partial charge in [-0.3, -0.25) is 9.59 Å². The van der Waals surface area contributed by atoms with E-state index in [1.165, 1.54) is 0 Å². The molecule has 2 aliphatic rings. The van der Waals surface area contributed by atoms with Crippen LogP contribution in [0.25, 0.3) is 0 Å². The maximum absolute atomic E-state index is 13.0. The molecule has 0 bridgehead atoms. The van der Waals surface area contributed by atoms with E-state index in [2.05, 4.69) is 4.74 Å². The molecular formula is C14H20F3NO5. The number of carbonyl (C=O) groups excluding carboxylic acids is 1. The lowest BCUT2D eigenvalue weighted by atomic mass is 9.93. The van der Waals surface area contributed by atoms with E-state index in [9.17, 15) is 22.8 Å². The summed E-state index contributed by atoms with van der Waals surface area (Å²) in [6.45, 7) is -1.02. The number of nitrogens with zero attached hydrogens (tertiary/aromatic N) is 1. The van der Waals surface area contributed by atoms with Gasteiger partial charge in [0.05, 0.1) is 13.2 Å². The zero-order valence-corrected chi connectivity index (χ0v) is 12.6. The number of carboxylic acid groups (broad SMARTS) is 1. The molecule has 1 N–H and O–H groups in total. The van der Waals surface area contributed by atoms with Crippen molar-refractivity contribution in [3.05, 3.63) is 0 Å². The van der Waals surface area contributed by atoms with Crippen LogP contribution in [0, 0.1) is 0 Å². The zero-order valence-electron chi connectivity index (χ0n) is 12.6. The number of aliphatic carboxylic acids is 1. The summed E-state index contributed by atoms with van der Waals surface area (Å²) >= 11 is 0. The standard InChI is InChI=1S/C14H20F3NO5/c15-14(16,17)12-11(22-6-7-23-12)13(21)18(8-10(19)20)9-4-2-1-3-5-9/h9,11-12H,1-8H2,(H,19,20)/t11-,12+/m1/s1. The molecule has 0 aromatic carbocycles. The number of carbonyl (C=O) groups is 2. The van der Waals surface area contributed by atoms with Crippen LogP contribution in [0.5, 0.6) is 0 Å². The van der Waals surface area contributed by atoms with Crippen molar-refractivity contribution in [2.75, 3.05) is 19.8 Å². The number of ether oxygens (including phenoxy) is 2. The monoisotopic (exact) mass is 339 g/mol. The van der Waals surface area contributed by atoms with Gasteiger partial charge < -0.3 is 19.5 Å². The fourth-order valence-electron chi connectivity index (χ4n) is 3.08. The van der Waals surface area contributed by atoms with Gasteiger partial charge in [0.1, 0.15) is 6.54 Å². The van der Waals surface area contributed by atoms with Crippen molar-refractivity contribution >= 4 is 11.9 Å². The fourth-order valence-corrected chi connectivity index (χ4v) is 3.08. The predicted molar refractivity (Wildman–Crippen MR) is 71.8 cm³/mol. The van der Waals surface area contributed by atoms with Crippen LogP contribution in [0.15, 0.2) is 0 Å². The van der Waals surface area contributed by atoms with Gasteiger partial charge in [0.2, 0.25) is 0 Å². The number of amides is 1. The minimum atomic E-state index is -4.75. The van der Waals surface area contributed by atoms with Crippen LogP contribution in [0.2, 0.25) is 0 Å². The van der Waals surface area contributed by atoms with Crippen LogP contribution in [0.3, 0.4) is 0 Å². The molecule has 0 aromatic rings. The Bertz CT molecular complexity index is 437. The van der Waals surface area contributed by atoms with Crippen molar-refractivity contribution in [1.82, 2.24) is 4.90 Å². The molecule has 0 aromatic heterocycles. The molecule has 9 heteroatoms. The van der Waals surface area contributed by atoms with Crippen LogP contribution in [-0.2, 0) is 19.1 Å². The third-order valence-electron chi connectivity index (χ3n) is 4.12. The van der Waals surface area contributed by atoms with Crippen molar-refractivity contribution < 1.29 is 37.3 Å². The second-order valence-electron chi connectivity index (χ2n) is 5.78. The average Bonchev–Trinajstić information content (AvgIpc) is 2.52. The summed E-state index contributed by atoms with van der Waals surface area (Å²) in [5, 5.41) is 9.00. The Morgan fingerprint density at radius 2 is 1.70 bits per heavy atom. The topological polar surface area (TPSA) is 76.1 Å². The SMILES string of the molecule is O=C(O)CN(C(=O)[C@@H]1OCCO[C@@H]1C(F)(F)F)C1CCCCC1. The largest absolute Gasteiger partial charge is 0.480 e. The lowest BCUT2D eigenvalue weighted by Gasteiger charge is -2.39. The van der Waals surface area contributed by atoms with Crippen LogP contribution < -0.4 is 0 Å². The molecule has 2 atom stereocenters. The van der Waals surface area contributed by atoms with Gasteiger partial charge >= 0.3 is 12.1 Å². The number of carboxylic acids is 1. The van der Waals surface area contributed by atoms with Gasteiger partial charge in [0, 0.05) is 6.04 Å². The van der Waals surface area contributed by atoms with Crippen molar-refractivity contribution in [3.63, 3.8) is 0 Å². The highest BCUT2D eigenvalue weighted by atomic mass is 19.4. The molecule has 0 spiro atoms. The Morgan fingerprint density at radius 1 is 1.09 bits per heavy atom. The van der Waals surface area contributed by atoms with Gasteiger partial charge in [-0.25, -0.2) is 0 Å². The fraction of sp³-hybridized carbons (Fsp3) is 0.857. The highest BCUT2D eigenvalue weighted by molar-refractivity contribution is 5.85. The molecule has 1 amide bonds. The van der Waals surface area contributed by atoms with Crippen molar-refractivity contribution in [3.8, 4) is 0 Å². The van der Waals surface area contributed by atoms with Crippen molar-refractivity contribution in [2.45, 2.75) is 56.5 Å². The Morgan fingerprint density at radius 3 is 2.26 bits per heavy atom. The lowest BCUT2D eigenvalue weighted by molar-refractivity contribution is -0.275. The van der Waals surface area contributed by atoms with Crippen LogP contribution in [-0.4, -0.2) is 66.1 Å². The molecular weight excluding hydrogens is 319 g/mol. The maximum atomic E-state index is 13.0. The highest BCUT2D eigenvalue weighted by Gasteiger charge is 2.52. The summed E-state index contributed by atoms with van der Waals surface area (Å²) < 4.78 is 48.8. The normalized spacial score (nSPS) is 26.7. The van der Waals surface area contributed by atoms with Gasteiger partial charge in [-0.15, -0.1) is 0 Å². The number of halogens is 3. The Hall–Kier alpha value is -1.35. The van der Waals surface area contributed by atoms with Crippen molar-refractivity contribution in [1.29, 1.82) is 0 Å². The molecule has 1 saturated heterocycles. The number of alkyl halides is 3. The van der Waals surface area contributed by atoms with E-state index >= 15 is 0 Å². The molecule has 1 aliphatic carbocycles. The summed E-state index contributed by atoms with van der Waals surface area (Å²) in [4.78, 5) is 24.6. The summed E-state index contributed by atoms with van der Waals surface area (Å²) in [5.41, 5.74) is 0. The molecule has 2 rings (SSSR count). The van der Waals surface area contributed by atoms with Gasteiger partial charge in [-0.1, -0.05) is 19.3 Å². The summed E-state index contributed by atoms with van der Waals surface area (Å²) in [7, 11) is 0. The number of hydrogen-bond donors (Lipinski definition) is 1. The third-order valence-corrected chi connectivity index (χ3v) is 4.12. The Kier molecular flexibility index (Phi) is 5.85. The Balaban J connectivity index is 2.18. The maximum Gasteiger partial charge on any atom is 0.417 e. The van der Waals surface area contributed by atoms with E-state index in [0.29, 0.717) is 12.8 Å². The van der Waals surface area contributed by atoms with Crippen LogP contribution in [0.1, 0.15) is 32.1 Å². The minimum Gasteiger partial charge on any atom is -0.480 e. The first-order valence-corrected chi connectivity index (χ1v) is 7.63. The number of hydrogen-bond acceptors (Lipinski definition) is 4. The van der Waals surface area contributed by atoms with Gasteiger partial charge in [-0.2, -0.15) is 13.2 Å². The minimum absolute atomic E-state index is 0.130. The van der Waals surface area contributed by atoms with Gasteiger partial charge in [0.15, 0.2) is 12.2 Å². The van der Waals surface area contributed by atoms with E-state index in [4.69, 9.17) is 9.84 Å². The smallest absolute Gasteiger partial charge is 0.417 e. The first-order chi connectivity index (χ1) is 10.8. The second-order valence-corrected chi connectivity index (χ2v) is 5.78. The molecule has 1 aliphatic heterocycles. The molecule has 0 radical (unpaired) electrons. The molecule has 1 saturated carbocycles. The van der Waals surface area contributed by atoms with Crippen molar-refractivity contribution in [2.24, 2.45) is 0 Å². The molecule has 2 fully saturated rings. The van der Waals surface area contributed by atoms with E-state index in [1.54, 1.807) is 0 Å². The Labute approximate surface area is 131 Å². The first kappa shape index (κ1) is 18.0. The lowest BCUT2D eigenvalue weighted by Crippen LogP contribution is -2.58. The summed E-state index contributed by atoms with van der Waals surface area (Å²) in [5.74, 6) is -2.22. The van der Waals surface area contributed by atoms with E-state index in [0.717, 1.165) is 24.2 Å². The zero-order chi connectivity index (χ0) is 17.0. The molecule has 23 heavy (non-hydrogen) atoms. The molecule has 0 unspecified atom stereocenters. The quantitative estimate of drug-likeness (QED) is 0.842. The van der Waals surface area contributed by atoms with E-state index in [1.807, 2.05) is 0 Å². The van der Waals surface area contributed by atoms with E-state index in [-0.39, 0.29) is 19.3 Å². The summed E-state index contributed by atoms with van der Waals surface area (Å²) in [6, 6.07) is -0.369. The average molecular weight is 339 g/mol. The molecule has 1 heterocycles. The third kappa shape index (κ3) is 4.57. The molecule has 6 nitrogen and oxygen atoms in total. The van der Waals surface area contributed by atoms with Gasteiger partial charge in [0.25, 0.3) is 5.91 Å².